The van der Waals surface area contributed by atoms with Gasteiger partial charge in [0.15, 0.2) is 0 Å². The van der Waals surface area contributed by atoms with Crippen LogP contribution in [0.25, 0.3) is 0 Å². The van der Waals surface area contributed by atoms with E-state index in [1.807, 2.05) is 6.92 Å². The third kappa shape index (κ3) is 2.94. The Bertz CT molecular complexity index is 180. The molecule has 0 amide bonds. The first-order valence-electron chi connectivity index (χ1n) is 5.39. The SMILES string of the molecule is COC1CCN(CC(C)(C)C(C)O)C1. The first-order valence-corrected chi connectivity index (χ1v) is 5.39. The van der Waals surface area contributed by atoms with Crippen molar-refractivity contribution in [2.24, 2.45) is 5.41 Å². The van der Waals surface area contributed by atoms with Gasteiger partial charge in [0, 0.05) is 32.2 Å². The molecular formula is C11H23NO2. The zero-order valence-electron chi connectivity index (χ0n) is 9.79. The summed E-state index contributed by atoms with van der Waals surface area (Å²) in [5.41, 5.74) is -0.0252. The van der Waals surface area contributed by atoms with Crippen LogP contribution >= 0.6 is 0 Å². The predicted molar refractivity (Wildman–Crippen MR) is 57.3 cm³/mol. The number of hydrogen-bond acceptors (Lipinski definition) is 3. The monoisotopic (exact) mass is 201 g/mol. The molecule has 1 saturated heterocycles. The Hall–Kier alpha value is -0.120. The second kappa shape index (κ2) is 4.60. The van der Waals surface area contributed by atoms with Crippen molar-refractivity contribution in [2.75, 3.05) is 26.7 Å². The van der Waals surface area contributed by atoms with Crippen molar-refractivity contribution in [2.45, 2.75) is 39.4 Å². The van der Waals surface area contributed by atoms with Gasteiger partial charge in [-0.25, -0.2) is 0 Å². The zero-order chi connectivity index (χ0) is 10.8. The first kappa shape index (κ1) is 12.0. The molecule has 0 aromatic heterocycles. The normalized spacial score (nSPS) is 26.8. The maximum atomic E-state index is 9.61. The fourth-order valence-electron chi connectivity index (χ4n) is 1.84. The lowest BCUT2D eigenvalue weighted by molar-refractivity contribution is 0.0343. The summed E-state index contributed by atoms with van der Waals surface area (Å²) in [6.45, 7) is 9.13. The summed E-state index contributed by atoms with van der Waals surface area (Å²) in [5, 5.41) is 9.61. The molecular weight excluding hydrogens is 178 g/mol. The number of aliphatic hydroxyl groups excluding tert-OH is 1. The van der Waals surface area contributed by atoms with Crippen LogP contribution < -0.4 is 0 Å². The van der Waals surface area contributed by atoms with Gasteiger partial charge in [0.2, 0.25) is 0 Å². The van der Waals surface area contributed by atoms with Crippen molar-refractivity contribution in [1.29, 1.82) is 0 Å². The van der Waals surface area contributed by atoms with Crippen LogP contribution in [0.4, 0.5) is 0 Å². The van der Waals surface area contributed by atoms with Gasteiger partial charge < -0.3 is 14.7 Å². The van der Waals surface area contributed by atoms with Gasteiger partial charge in [-0.15, -0.1) is 0 Å². The molecule has 1 heterocycles. The molecule has 2 unspecified atom stereocenters. The molecule has 0 bridgehead atoms. The highest BCUT2D eigenvalue weighted by Crippen LogP contribution is 2.24. The highest BCUT2D eigenvalue weighted by Gasteiger charge is 2.30. The van der Waals surface area contributed by atoms with Crippen LogP contribution in [-0.2, 0) is 4.74 Å². The average molecular weight is 201 g/mol. The standard InChI is InChI=1S/C11H23NO2/c1-9(13)11(2,3)8-12-6-5-10(7-12)14-4/h9-10,13H,5-8H2,1-4H3. The van der Waals surface area contributed by atoms with Gasteiger partial charge in [-0.2, -0.15) is 0 Å². The Labute approximate surface area is 87.1 Å². The van der Waals surface area contributed by atoms with E-state index in [0.717, 1.165) is 26.1 Å². The second-order valence-electron chi connectivity index (χ2n) is 5.05. The number of aliphatic hydroxyl groups is 1. The van der Waals surface area contributed by atoms with Gasteiger partial charge in [-0.1, -0.05) is 13.8 Å². The van der Waals surface area contributed by atoms with E-state index in [0.29, 0.717) is 6.10 Å². The van der Waals surface area contributed by atoms with Crippen molar-refractivity contribution >= 4 is 0 Å². The third-order valence-corrected chi connectivity index (χ3v) is 3.32. The van der Waals surface area contributed by atoms with Gasteiger partial charge >= 0.3 is 0 Å². The summed E-state index contributed by atoms with van der Waals surface area (Å²) < 4.78 is 5.31. The molecule has 0 aliphatic carbocycles. The van der Waals surface area contributed by atoms with E-state index in [-0.39, 0.29) is 11.5 Å². The topological polar surface area (TPSA) is 32.7 Å². The van der Waals surface area contributed by atoms with E-state index >= 15 is 0 Å². The van der Waals surface area contributed by atoms with Crippen LogP contribution in [0.5, 0.6) is 0 Å². The number of ether oxygens (including phenoxy) is 1. The lowest BCUT2D eigenvalue weighted by atomic mass is 9.87. The molecule has 0 aromatic rings. The van der Waals surface area contributed by atoms with E-state index in [4.69, 9.17) is 4.74 Å². The van der Waals surface area contributed by atoms with Crippen molar-refractivity contribution in [1.82, 2.24) is 4.90 Å². The summed E-state index contributed by atoms with van der Waals surface area (Å²) >= 11 is 0. The summed E-state index contributed by atoms with van der Waals surface area (Å²) in [5.74, 6) is 0. The quantitative estimate of drug-likeness (QED) is 0.739. The minimum Gasteiger partial charge on any atom is -0.393 e. The van der Waals surface area contributed by atoms with Crippen LogP contribution in [0, 0.1) is 5.41 Å². The summed E-state index contributed by atoms with van der Waals surface area (Å²) in [6, 6.07) is 0. The van der Waals surface area contributed by atoms with Crippen molar-refractivity contribution in [3.05, 3.63) is 0 Å². The molecule has 1 aliphatic rings. The highest BCUT2D eigenvalue weighted by atomic mass is 16.5. The van der Waals surface area contributed by atoms with Crippen molar-refractivity contribution < 1.29 is 9.84 Å². The van der Waals surface area contributed by atoms with Crippen molar-refractivity contribution in [3.63, 3.8) is 0 Å². The van der Waals surface area contributed by atoms with Crippen LogP contribution in [0.15, 0.2) is 0 Å². The Balaban J connectivity index is 2.39. The maximum absolute atomic E-state index is 9.61. The smallest absolute Gasteiger partial charge is 0.0710 e. The average Bonchev–Trinajstić information content (AvgIpc) is 2.51. The van der Waals surface area contributed by atoms with Gasteiger partial charge in [-0.05, 0) is 13.3 Å². The number of likely N-dealkylation sites (tertiary alicyclic amines) is 1. The minimum absolute atomic E-state index is 0.0252. The van der Waals surface area contributed by atoms with Crippen LogP contribution in [0.1, 0.15) is 27.2 Å². The molecule has 1 N–H and O–H groups in total. The molecule has 0 saturated carbocycles. The third-order valence-electron chi connectivity index (χ3n) is 3.32. The zero-order valence-corrected chi connectivity index (χ0v) is 9.79. The Morgan fingerprint density at radius 1 is 1.57 bits per heavy atom. The predicted octanol–water partition coefficient (Wildman–Crippen LogP) is 1.11. The number of nitrogens with zero attached hydrogens (tertiary/aromatic N) is 1. The molecule has 3 heteroatoms. The lowest BCUT2D eigenvalue weighted by Gasteiger charge is -2.32. The fraction of sp³-hybridized carbons (Fsp3) is 1.00. The molecule has 3 nitrogen and oxygen atoms in total. The minimum atomic E-state index is -0.260. The molecule has 84 valence electrons. The molecule has 1 aliphatic heterocycles. The number of hydrogen-bond donors (Lipinski definition) is 1. The Morgan fingerprint density at radius 3 is 2.64 bits per heavy atom. The van der Waals surface area contributed by atoms with Crippen LogP contribution in [0.2, 0.25) is 0 Å². The van der Waals surface area contributed by atoms with E-state index < -0.39 is 0 Å². The molecule has 0 radical (unpaired) electrons. The molecule has 0 aromatic carbocycles. The second-order valence-corrected chi connectivity index (χ2v) is 5.05. The first-order chi connectivity index (χ1) is 6.45. The van der Waals surface area contributed by atoms with E-state index in [2.05, 4.69) is 18.7 Å². The Kier molecular flexibility index (Phi) is 3.93. The summed E-state index contributed by atoms with van der Waals surface area (Å²) in [6.07, 6.45) is 1.25. The fourth-order valence-corrected chi connectivity index (χ4v) is 1.84. The largest absolute Gasteiger partial charge is 0.393 e. The van der Waals surface area contributed by atoms with Crippen LogP contribution in [-0.4, -0.2) is 49.0 Å². The van der Waals surface area contributed by atoms with Crippen LogP contribution in [0.3, 0.4) is 0 Å². The van der Waals surface area contributed by atoms with Gasteiger partial charge in [0.05, 0.1) is 12.2 Å². The Morgan fingerprint density at radius 2 is 2.21 bits per heavy atom. The van der Waals surface area contributed by atoms with E-state index in [1.54, 1.807) is 7.11 Å². The van der Waals surface area contributed by atoms with Crippen molar-refractivity contribution in [3.8, 4) is 0 Å². The van der Waals surface area contributed by atoms with Gasteiger partial charge in [0.1, 0.15) is 0 Å². The molecule has 14 heavy (non-hydrogen) atoms. The van der Waals surface area contributed by atoms with Gasteiger partial charge in [-0.3, -0.25) is 0 Å². The molecule has 1 fully saturated rings. The van der Waals surface area contributed by atoms with Gasteiger partial charge in [0.25, 0.3) is 0 Å². The van der Waals surface area contributed by atoms with E-state index in [1.165, 1.54) is 0 Å². The number of methoxy groups -OCH3 is 1. The molecule has 1 rings (SSSR count). The molecule has 0 spiro atoms. The molecule has 2 atom stereocenters. The maximum Gasteiger partial charge on any atom is 0.0710 e. The van der Waals surface area contributed by atoms with E-state index in [9.17, 15) is 5.11 Å². The highest BCUT2D eigenvalue weighted by molar-refractivity contribution is 4.83. The summed E-state index contributed by atoms with van der Waals surface area (Å²) in [4.78, 5) is 2.38. The summed E-state index contributed by atoms with van der Waals surface area (Å²) in [7, 11) is 1.77. The lowest BCUT2D eigenvalue weighted by Crippen LogP contribution is -2.39. The number of rotatable bonds is 4.